The predicted octanol–water partition coefficient (Wildman–Crippen LogP) is 17.5. The molecule has 6 nitrogen and oxygen atoms in total. The van der Waals surface area contributed by atoms with Crippen LogP contribution in [-0.2, 0) is 0 Å². The molecule has 0 unspecified atom stereocenters. The van der Waals surface area contributed by atoms with Gasteiger partial charge in [0.1, 0.15) is 0 Å². The summed E-state index contributed by atoms with van der Waals surface area (Å²) < 4.78 is 7.26. The van der Waals surface area contributed by atoms with Crippen molar-refractivity contribution in [1.29, 1.82) is 0 Å². The minimum Gasteiger partial charge on any atom is -0.309 e. The Bertz CT molecular complexity index is 4580. The summed E-state index contributed by atoms with van der Waals surface area (Å²) in [5.41, 5.74) is 17.4. The number of para-hydroxylation sites is 6. The fourth-order valence-electron chi connectivity index (χ4n) is 11.5. The van der Waals surface area contributed by atoms with Crippen LogP contribution in [0.3, 0.4) is 0 Å². The molecule has 0 aliphatic rings. The van der Waals surface area contributed by atoms with E-state index in [2.05, 4.69) is 244 Å². The van der Waals surface area contributed by atoms with E-state index in [9.17, 15) is 0 Å². The zero-order valence-corrected chi connectivity index (χ0v) is 40.6. The summed E-state index contributed by atoms with van der Waals surface area (Å²) in [6.45, 7) is 0. The topological polar surface area (TPSA) is 53.5 Å². The number of rotatable bonds is 8. The zero-order valence-electron chi connectivity index (χ0n) is 40.6. The quantitative estimate of drug-likeness (QED) is 0.152. The standard InChI is InChI=1S/C69H44N6/c1-5-20-45(21-6-1)67-70-68(46-22-7-2-8-23-46)72-69(71-67)49-36-39-52(65(44-49)75-61-34-17-13-28-54(61)55-29-14-18-35-62(55)75)47-37-40-63-58(42-47)59-43-48(38-41-64(59)73(63)50-24-9-3-10-25-50)53-31-19-32-57-56-30-15-16-33-60(56)74(66(53)57)51-26-11-4-12-27-51/h1-44H. The first-order chi connectivity index (χ1) is 37.2. The van der Waals surface area contributed by atoms with Gasteiger partial charge in [0.25, 0.3) is 0 Å². The zero-order chi connectivity index (χ0) is 49.4. The van der Waals surface area contributed by atoms with Gasteiger partial charge in [-0.2, -0.15) is 0 Å². The molecule has 15 aromatic rings. The number of aromatic nitrogens is 6. The predicted molar refractivity (Wildman–Crippen MR) is 310 cm³/mol. The van der Waals surface area contributed by atoms with Gasteiger partial charge in [-0.1, -0.05) is 194 Å². The minimum atomic E-state index is 0.603. The lowest BCUT2D eigenvalue weighted by atomic mass is 9.97. The lowest BCUT2D eigenvalue weighted by Gasteiger charge is -2.17. The van der Waals surface area contributed by atoms with Crippen LogP contribution in [0.15, 0.2) is 267 Å². The van der Waals surface area contributed by atoms with Crippen LogP contribution in [0, 0.1) is 0 Å². The second-order valence-corrected chi connectivity index (χ2v) is 19.2. The highest BCUT2D eigenvalue weighted by Gasteiger charge is 2.22. The summed E-state index contributed by atoms with van der Waals surface area (Å²) in [6, 6.07) is 95.5. The van der Waals surface area contributed by atoms with Crippen molar-refractivity contribution >= 4 is 65.4 Å². The van der Waals surface area contributed by atoms with E-state index in [1.165, 1.54) is 48.9 Å². The van der Waals surface area contributed by atoms with Gasteiger partial charge in [0.15, 0.2) is 17.5 Å². The van der Waals surface area contributed by atoms with Crippen LogP contribution in [0.5, 0.6) is 0 Å². The third kappa shape index (κ3) is 6.92. The highest BCUT2D eigenvalue weighted by molar-refractivity contribution is 6.16. The summed E-state index contributed by atoms with van der Waals surface area (Å²) in [5, 5.41) is 7.19. The molecule has 15 rings (SSSR count). The van der Waals surface area contributed by atoms with Gasteiger partial charge >= 0.3 is 0 Å². The van der Waals surface area contributed by atoms with Crippen molar-refractivity contribution in [2.45, 2.75) is 0 Å². The average Bonchev–Trinajstić information content (AvgIpc) is 4.13. The molecule has 350 valence electrons. The molecule has 0 bridgehead atoms. The van der Waals surface area contributed by atoms with Crippen LogP contribution >= 0.6 is 0 Å². The lowest BCUT2D eigenvalue weighted by molar-refractivity contribution is 1.07. The van der Waals surface area contributed by atoms with E-state index in [0.29, 0.717) is 17.5 Å². The molecule has 0 saturated heterocycles. The van der Waals surface area contributed by atoms with Crippen LogP contribution in [0.25, 0.3) is 139 Å². The van der Waals surface area contributed by atoms with Crippen molar-refractivity contribution in [3.63, 3.8) is 0 Å². The molecule has 11 aromatic carbocycles. The van der Waals surface area contributed by atoms with Gasteiger partial charge in [0, 0.05) is 71.5 Å². The number of benzene rings is 11. The van der Waals surface area contributed by atoms with Gasteiger partial charge < -0.3 is 13.7 Å². The van der Waals surface area contributed by atoms with Crippen molar-refractivity contribution in [3.8, 4) is 73.5 Å². The largest absolute Gasteiger partial charge is 0.309 e. The Morgan fingerprint density at radius 1 is 0.227 bits per heavy atom. The maximum absolute atomic E-state index is 5.21. The molecule has 0 aliphatic carbocycles. The van der Waals surface area contributed by atoms with Crippen LogP contribution in [0.2, 0.25) is 0 Å². The van der Waals surface area contributed by atoms with Crippen LogP contribution < -0.4 is 0 Å². The molecular formula is C69H44N6. The van der Waals surface area contributed by atoms with Gasteiger partial charge in [0.05, 0.1) is 38.8 Å². The molecule has 75 heavy (non-hydrogen) atoms. The third-order valence-electron chi connectivity index (χ3n) is 14.9. The number of hydrogen-bond donors (Lipinski definition) is 0. The third-order valence-corrected chi connectivity index (χ3v) is 14.9. The van der Waals surface area contributed by atoms with Crippen LogP contribution in [-0.4, -0.2) is 28.7 Å². The Morgan fingerprint density at radius 3 is 1.17 bits per heavy atom. The lowest BCUT2D eigenvalue weighted by Crippen LogP contribution is -2.02. The molecule has 4 heterocycles. The molecule has 0 fully saturated rings. The Balaban J connectivity index is 0.984. The molecule has 0 saturated carbocycles. The monoisotopic (exact) mass is 956 g/mol. The first-order valence-electron chi connectivity index (χ1n) is 25.4. The summed E-state index contributed by atoms with van der Waals surface area (Å²) in [5.74, 6) is 1.85. The van der Waals surface area contributed by atoms with Crippen LogP contribution in [0.4, 0.5) is 0 Å². The van der Waals surface area contributed by atoms with Crippen molar-refractivity contribution in [2.24, 2.45) is 0 Å². The number of nitrogens with zero attached hydrogens (tertiary/aromatic N) is 6. The Morgan fingerprint density at radius 2 is 0.627 bits per heavy atom. The summed E-state index contributed by atoms with van der Waals surface area (Å²) in [6.07, 6.45) is 0. The van der Waals surface area contributed by atoms with Gasteiger partial charge in [-0.25, -0.2) is 15.0 Å². The molecular weight excluding hydrogens is 913 g/mol. The average molecular weight is 957 g/mol. The second kappa shape index (κ2) is 17.3. The van der Waals surface area contributed by atoms with E-state index in [1.54, 1.807) is 0 Å². The van der Waals surface area contributed by atoms with Gasteiger partial charge in [-0.05, 0) is 83.9 Å². The van der Waals surface area contributed by atoms with E-state index < -0.39 is 0 Å². The minimum absolute atomic E-state index is 0.603. The van der Waals surface area contributed by atoms with E-state index in [4.69, 9.17) is 15.0 Å². The Labute approximate surface area is 432 Å². The van der Waals surface area contributed by atoms with E-state index >= 15 is 0 Å². The number of hydrogen-bond acceptors (Lipinski definition) is 3. The van der Waals surface area contributed by atoms with Crippen molar-refractivity contribution in [2.75, 3.05) is 0 Å². The fourth-order valence-corrected chi connectivity index (χ4v) is 11.5. The maximum atomic E-state index is 5.21. The van der Waals surface area contributed by atoms with E-state index in [1.807, 2.05) is 36.4 Å². The first kappa shape index (κ1) is 42.5. The SMILES string of the molecule is c1ccc(-c2nc(-c3ccccc3)nc(-c3ccc(-c4ccc5c(c4)c4cc(-c6cccc7c8ccccc8n(-c8ccccc8)c67)ccc4n5-c4ccccc4)c(-n4c5ccccc5c5ccccc54)c3)n2)cc1. The molecule has 0 atom stereocenters. The molecule has 0 amide bonds. The molecule has 0 radical (unpaired) electrons. The van der Waals surface area contributed by atoms with Crippen molar-refractivity contribution < 1.29 is 0 Å². The second-order valence-electron chi connectivity index (χ2n) is 19.2. The summed E-state index contributed by atoms with van der Waals surface area (Å²) in [7, 11) is 0. The van der Waals surface area contributed by atoms with Gasteiger partial charge in [-0.15, -0.1) is 0 Å². The Hall–Kier alpha value is -10.2. The fraction of sp³-hybridized carbons (Fsp3) is 0. The molecule has 4 aromatic heterocycles. The molecule has 0 aliphatic heterocycles. The molecule has 0 N–H and O–H groups in total. The summed E-state index contributed by atoms with van der Waals surface area (Å²) in [4.78, 5) is 15.4. The number of fused-ring (bicyclic) bond motifs is 9. The Kier molecular flexibility index (Phi) is 9.78. The van der Waals surface area contributed by atoms with Crippen LogP contribution in [0.1, 0.15) is 0 Å². The smallest absolute Gasteiger partial charge is 0.164 e. The molecule has 6 heteroatoms. The maximum Gasteiger partial charge on any atom is 0.164 e. The summed E-state index contributed by atoms with van der Waals surface area (Å²) >= 11 is 0. The highest BCUT2D eigenvalue weighted by atomic mass is 15.0. The molecule has 0 spiro atoms. The van der Waals surface area contributed by atoms with E-state index in [-0.39, 0.29) is 0 Å². The van der Waals surface area contributed by atoms with Gasteiger partial charge in [0.2, 0.25) is 0 Å². The normalized spacial score (nSPS) is 11.7. The van der Waals surface area contributed by atoms with Crippen molar-refractivity contribution in [3.05, 3.63) is 267 Å². The first-order valence-corrected chi connectivity index (χ1v) is 25.4. The van der Waals surface area contributed by atoms with Gasteiger partial charge in [-0.3, -0.25) is 0 Å². The van der Waals surface area contributed by atoms with E-state index in [0.717, 1.165) is 72.5 Å². The van der Waals surface area contributed by atoms with Crippen molar-refractivity contribution in [1.82, 2.24) is 28.7 Å². The highest BCUT2D eigenvalue weighted by Crippen LogP contribution is 2.44.